The molecule has 0 aliphatic heterocycles. The monoisotopic (exact) mass is 385 g/mol. The number of benzene rings is 3. The van der Waals surface area contributed by atoms with Crippen molar-refractivity contribution >= 4 is 11.1 Å². The molecule has 0 fully saturated rings. The van der Waals surface area contributed by atoms with Crippen molar-refractivity contribution in [2.75, 3.05) is 13.2 Å². The van der Waals surface area contributed by atoms with E-state index in [-0.39, 0.29) is 0 Å². The minimum Gasteiger partial charge on any atom is -0.492 e. The lowest BCUT2D eigenvalue weighted by molar-refractivity contribution is 0.309. The van der Waals surface area contributed by atoms with E-state index in [1.165, 1.54) is 27.8 Å². The Balaban J connectivity index is 1.92. The van der Waals surface area contributed by atoms with Crippen molar-refractivity contribution in [1.29, 1.82) is 0 Å². The maximum absolute atomic E-state index is 5.89. The Kier molecular flexibility index (Phi) is 7.66. The minimum atomic E-state index is 0.477. The maximum atomic E-state index is 5.89. The normalized spacial score (nSPS) is 12.0. The highest BCUT2D eigenvalue weighted by Gasteiger charge is 2.13. The zero-order chi connectivity index (χ0) is 20.5. The summed E-state index contributed by atoms with van der Waals surface area (Å²) in [5, 5.41) is 3.38. The fourth-order valence-electron chi connectivity index (χ4n) is 3.52. The van der Waals surface area contributed by atoms with Crippen LogP contribution in [0.4, 0.5) is 0 Å². The van der Waals surface area contributed by atoms with Crippen LogP contribution in [0.1, 0.15) is 43.9 Å². The maximum Gasteiger partial charge on any atom is 0.119 e. The van der Waals surface area contributed by atoms with Crippen molar-refractivity contribution in [3.63, 3.8) is 0 Å². The topological polar surface area (TPSA) is 21.3 Å². The van der Waals surface area contributed by atoms with Gasteiger partial charge in [-0.05, 0) is 46.4 Å². The predicted molar refractivity (Wildman–Crippen MR) is 124 cm³/mol. The Morgan fingerprint density at radius 3 is 1.86 bits per heavy atom. The Labute approximate surface area is 175 Å². The Morgan fingerprint density at radius 1 is 0.759 bits per heavy atom. The second kappa shape index (κ2) is 10.6. The fraction of sp³-hybridized carbons (Fsp3) is 0.259. The van der Waals surface area contributed by atoms with Crippen LogP contribution in [0.3, 0.4) is 0 Å². The van der Waals surface area contributed by atoms with Crippen LogP contribution in [0.5, 0.6) is 5.75 Å². The molecule has 150 valence electrons. The molecule has 1 N–H and O–H groups in total. The van der Waals surface area contributed by atoms with Gasteiger partial charge in [-0.2, -0.15) is 0 Å². The van der Waals surface area contributed by atoms with Gasteiger partial charge < -0.3 is 10.1 Å². The van der Waals surface area contributed by atoms with E-state index in [1.807, 2.05) is 0 Å². The summed E-state index contributed by atoms with van der Waals surface area (Å²) in [5.41, 5.74) is 6.36. The number of hydrogen-bond donors (Lipinski definition) is 1. The van der Waals surface area contributed by atoms with Crippen LogP contribution in [0.15, 0.2) is 84.9 Å². The van der Waals surface area contributed by atoms with Gasteiger partial charge in [0, 0.05) is 12.6 Å². The van der Waals surface area contributed by atoms with Crippen molar-refractivity contribution in [1.82, 2.24) is 5.32 Å². The molecule has 2 nitrogen and oxygen atoms in total. The molecule has 0 aliphatic carbocycles. The molecule has 0 aliphatic rings. The molecular formula is C27H31NO. The smallest absolute Gasteiger partial charge is 0.119 e. The summed E-state index contributed by atoms with van der Waals surface area (Å²) >= 11 is 0. The average molecular weight is 386 g/mol. The number of rotatable bonds is 9. The van der Waals surface area contributed by atoms with Crippen LogP contribution in [-0.2, 0) is 0 Å². The highest BCUT2D eigenvalue weighted by molar-refractivity contribution is 5.98. The first-order chi connectivity index (χ1) is 14.2. The highest BCUT2D eigenvalue weighted by atomic mass is 16.5. The second-order valence-corrected chi connectivity index (χ2v) is 7.42. The van der Waals surface area contributed by atoms with Gasteiger partial charge in [-0.15, -0.1) is 0 Å². The van der Waals surface area contributed by atoms with E-state index in [1.54, 1.807) is 0 Å². The summed E-state index contributed by atoms with van der Waals surface area (Å²) in [5.74, 6) is 0.907. The SMILES string of the molecule is CC/C(=C(\c1ccccc1)c1ccc(OCCNC(C)C)cc1)c1ccccc1. The second-order valence-electron chi connectivity index (χ2n) is 7.42. The van der Waals surface area contributed by atoms with E-state index in [0.29, 0.717) is 12.6 Å². The lowest BCUT2D eigenvalue weighted by Crippen LogP contribution is -2.27. The lowest BCUT2D eigenvalue weighted by Gasteiger charge is -2.17. The molecule has 3 aromatic rings. The molecule has 0 saturated carbocycles. The highest BCUT2D eigenvalue weighted by Crippen LogP contribution is 2.34. The van der Waals surface area contributed by atoms with Crippen molar-refractivity contribution in [3.05, 3.63) is 102 Å². The summed E-state index contributed by atoms with van der Waals surface area (Å²) in [6.45, 7) is 8.03. The first kappa shape index (κ1) is 20.9. The van der Waals surface area contributed by atoms with Gasteiger partial charge in [0.15, 0.2) is 0 Å². The summed E-state index contributed by atoms with van der Waals surface area (Å²) in [4.78, 5) is 0. The summed E-state index contributed by atoms with van der Waals surface area (Å²) in [6.07, 6.45) is 0.966. The molecule has 3 aromatic carbocycles. The van der Waals surface area contributed by atoms with Crippen molar-refractivity contribution in [2.45, 2.75) is 33.2 Å². The molecule has 0 atom stereocenters. The predicted octanol–water partition coefficient (Wildman–Crippen LogP) is 6.43. The third kappa shape index (κ3) is 5.82. The molecule has 0 bridgehead atoms. The van der Waals surface area contributed by atoms with Crippen molar-refractivity contribution in [2.24, 2.45) is 0 Å². The molecule has 0 amide bonds. The van der Waals surface area contributed by atoms with E-state index in [4.69, 9.17) is 4.74 Å². The first-order valence-corrected chi connectivity index (χ1v) is 10.5. The van der Waals surface area contributed by atoms with Crippen LogP contribution in [0, 0.1) is 0 Å². The van der Waals surface area contributed by atoms with Gasteiger partial charge in [0.05, 0.1) is 0 Å². The average Bonchev–Trinajstić information content (AvgIpc) is 2.76. The summed E-state index contributed by atoms with van der Waals surface area (Å²) in [6, 6.07) is 30.3. The largest absolute Gasteiger partial charge is 0.492 e. The van der Waals surface area contributed by atoms with Gasteiger partial charge in [-0.1, -0.05) is 93.6 Å². The van der Waals surface area contributed by atoms with Crippen LogP contribution in [0.2, 0.25) is 0 Å². The van der Waals surface area contributed by atoms with E-state index in [2.05, 4.69) is 111 Å². The zero-order valence-corrected chi connectivity index (χ0v) is 17.7. The molecule has 0 aromatic heterocycles. The van der Waals surface area contributed by atoms with Gasteiger partial charge in [-0.3, -0.25) is 0 Å². The molecule has 2 heteroatoms. The molecule has 0 spiro atoms. The number of allylic oxidation sites excluding steroid dienone is 1. The lowest BCUT2D eigenvalue weighted by atomic mass is 9.88. The molecule has 3 rings (SSSR count). The quantitative estimate of drug-likeness (QED) is 0.338. The Bertz CT molecular complexity index is 896. The number of hydrogen-bond acceptors (Lipinski definition) is 2. The van der Waals surface area contributed by atoms with E-state index in [0.717, 1.165) is 18.7 Å². The molecule has 29 heavy (non-hydrogen) atoms. The third-order valence-corrected chi connectivity index (χ3v) is 4.91. The van der Waals surface area contributed by atoms with Gasteiger partial charge in [-0.25, -0.2) is 0 Å². The van der Waals surface area contributed by atoms with Crippen LogP contribution in [-0.4, -0.2) is 19.2 Å². The molecule has 0 radical (unpaired) electrons. The van der Waals surface area contributed by atoms with Crippen molar-refractivity contribution in [3.8, 4) is 5.75 Å². The summed E-state index contributed by atoms with van der Waals surface area (Å²) in [7, 11) is 0. The number of ether oxygens (including phenoxy) is 1. The molecule has 0 heterocycles. The molecule has 0 saturated heterocycles. The Morgan fingerprint density at radius 2 is 1.31 bits per heavy atom. The fourth-order valence-corrected chi connectivity index (χ4v) is 3.52. The van der Waals surface area contributed by atoms with Gasteiger partial charge in [0.25, 0.3) is 0 Å². The number of nitrogens with one attached hydrogen (secondary N) is 1. The van der Waals surface area contributed by atoms with E-state index in [9.17, 15) is 0 Å². The Hall–Kier alpha value is -2.84. The van der Waals surface area contributed by atoms with Crippen LogP contribution < -0.4 is 10.1 Å². The molecule has 0 unspecified atom stereocenters. The molecular weight excluding hydrogens is 354 g/mol. The van der Waals surface area contributed by atoms with Crippen molar-refractivity contribution < 1.29 is 4.74 Å². The van der Waals surface area contributed by atoms with E-state index < -0.39 is 0 Å². The standard InChI is InChI=1S/C27H31NO/c1-4-26(22-11-7-5-8-12-22)27(23-13-9-6-10-14-23)24-15-17-25(18-16-24)29-20-19-28-21(2)3/h5-18,21,28H,4,19-20H2,1-3H3/b27-26-. The minimum absolute atomic E-state index is 0.477. The first-order valence-electron chi connectivity index (χ1n) is 10.5. The van der Waals surface area contributed by atoms with Gasteiger partial charge in [0.1, 0.15) is 12.4 Å². The van der Waals surface area contributed by atoms with Crippen LogP contribution >= 0.6 is 0 Å². The van der Waals surface area contributed by atoms with Crippen LogP contribution in [0.25, 0.3) is 11.1 Å². The van der Waals surface area contributed by atoms with E-state index >= 15 is 0 Å². The third-order valence-electron chi connectivity index (χ3n) is 4.91. The van der Waals surface area contributed by atoms with Gasteiger partial charge >= 0.3 is 0 Å². The summed E-state index contributed by atoms with van der Waals surface area (Å²) < 4.78 is 5.89. The zero-order valence-electron chi connectivity index (χ0n) is 17.7. The van der Waals surface area contributed by atoms with Gasteiger partial charge in [0.2, 0.25) is 0 Å².